The van der Waals surface area contributed by atoms with Gasteiger partial charge in [-0.15, -0.1) is 0 Å². The van der Waals surface area contributed by atoms with Crippen LogP contribution in [0.4, 0.5) is 0 Å². The van der Waals surface area contributed by atoms with E-state index in [4.69, 9.17) is 0 Å². The van der Waals surface area contributed by atoms with Gasteiger partial charge in [0.1, 0.15) is 0 Å². The number of nitrogens with one attached hydrogen (secondary N) is 9. The first-order valence-electron chi connectivity index (χ1n) is 33.2. The molecule has 0 aliphatic rings. The van der Waals surface area contributed by atoms with Gasteiger partial charge < -0.3 is 47.9 Å². The molecule has 0 aliphatic heterocycles. The highest BCUT2D eigenvalue weighted by Crippen LogP contribution is 2.16. The van der Waals surface area contributed by atoms with Crippen molar-refractivity contribution in [3.8, 4) is 0 Å². The van der Waals surface area contributed by atoms with Gasteiger partial charge in [-0.05, 0) is 178 Å². The van der Waals surface area contributed by atoms with E-state index in [1.54, 1.807) is 0 Å². The van der Waals surface area contributed by atoms with Crippen LogP contribution in [-0.4, -0.2) is 121 Å². The summed E-state index contributed by atoms with van der Waals surface area (Å²) in [5.74, 6) is 1.63. The lowest BCUT2D eigenvalue weighted by molar-refractivity contribution is 0.373. The molecule has 9 heteroatoms. The molecule has 0 spiro atoms. The van der Waals surface area contributed by atoms with E-state index < -0.39 is 0 Å². The van der Waals surface area contributed by atoms with Gasteiger partial charge in [0.25, 0.3) is 0 Å². The Kier molecular flexibility index (Phi) is 551. The summed E-state index contributed by atoms with van der Waals surface area (Å²) in [4.78, 5) is 0. The molecule has 0 aliphatic carbocycles. The van der Waals surface area contributed by atoms with E-state index >= 15 is 0 Å². The average molecular weight is 1260 g/mol. The number of hydrogen-bond donors (Lipinski definition) is 9. The summed E-state index contributed by atoms with van der Waals surface area (Å²) in [6.45, 7) is 77.0. The van der Waals surface area contributed by atoms with E-state index in [-0.39, 0.29) is 66.8 Å². The molecule has 564 valence electrons. The van der Waals surface area contributed by atoms with Crippen LogP contribution < -0.4 is 47.9 Å². The Hall–Kier alpha value is -0.360. The zero-order valence-electron chi connectivity index (χ0n) is 63.5. The number of rotatable bonds is 24. The first-order valence-corrected chi connectivity index (χ1v) is 33.2. The lowest BCUT2D eigenvalue weighted by Gasteiger charge is -2.16. The third-order valence-corrected chi connectivity index (χ3v) is 7.98. The van der Waals surface area contributed by atoms with E-state index in [9.17, 15) is 0 Å². The first kappa shape index (κ1) is 178. The van der Waals surface area contributed by atoms with Gasteiger partial charge in [-0.2, -0.15) is 0 Å². The van der Waals surface area contributed by atoms with Crippen LogP contribution in [0.3, 0.4) is 0 Å². The monoisotopic (exact) mass is 1250 g/mol. The van der Waals surface area contributed by atoms with Gasteiger partial charge in [-0.1, -0.05) is 327 Å². The van der Waals surface area contributed by atoms with Crippen molar-refractivity contribution in [1.82, 2.24) is 47.9 Å². The van der Waals surface area contributed by atoms with E-state index in [2.05, 4.69) is 152 Å². The molecule has 9 N–H and O–H groups in total. The van der Waals surface area contributed by atoms with E-state index in [1.807, 2.05) is 188 Å². The second-order valence-electron chi connectivity index (χ2n) is 17.2. The standard InChI is InChI=1S/2C7H17N.2C6H15N.3C5H13N.2C4H11N.9C2H6.9CH4/c1-7(2,3)5-6-8-4;1-3-4-5-6-7-8-2;1-6(2)4-5-7-3;1-3-4-5-6-7-2;1-5(2)4-6-3;1-4-5(2)6-3;1-3-4-5-6-2;1-4(2)5-3;1-3-4-5-2;9*1-2;;;;;;;;;/h8H,5-6H2,1-4H3;8H,3-7H2,1-2H3;6-7H,4-5H2,1-3H3;7H,3-6H2,1-2H3;2*5-6H,4H2,1-3H3;6H,3-5H2,1-2H3;4-5H,1-3H3;5H,3-4H2,1-2H3;9*1-2H3;9*1H4. The van der Waals surface area contributed by atoms with E-state index in [1.165, 1.54) is 96.6 Å². The number of hydrogen-bond acceptors (Lipinski definition) is 9. The van der Waals surface area contributed by atoms with Crippen LogP contribution in [0.25, 0.3) is 0 Å². The predicted molar refractivity (Wildman–Crippen MR) is 440 cm³/mol. The quantitative estimate of drug-likeness (QED) is 0.0437. The predicted octanol–water partition coefficient (Wildman–Crippen LogP) is 25.1. The molecule has 1 atom stereocenters. The zero-order chi connectivity index (χ0) is 65.3. The lowest BCUT2D eigenvalue weighted by atomic mass is 9.92. The smallest absolute Gasteiger partial charge is 0.00331 e. The summed E-state index contributed by atoms with van der Waals surface area (Å²) >= 11 is 0. The summed E-state index contributed by atoms with van der Waals surface area (Å²) in [5.41, 5.74) is 0.489. The Labute approximate surface area is 562 Å². The Balaban J connectivity index is -0.0000000170. The Bertz CT molecular complexity index is 528. The van der Waals surface area contributed by atoms with Crippen molar-refractivity contribution < 1.29 is 0 Å². The van der Waals surface area contributed by atoms with Gasteiger partial charge in [-0.25, -0.2) is 0 Å². The maximum Gasteiger partial charge on any atom is 0.00331 e. The van der Waals surface area contributed by atoms with Crippen LogP contribution in [-0.2, 0) is 0 Å². The molecule has 0 aromatic rings. The maximum absolute atomic E-state index is 3.13. The molecular weight excluding hydrogens is 1040 g/mol. The molecule has 0 fully saturated rings. The second-order valence-corrected chi connectivity index (χ2v) is 17.2. The maximum atomic E-state index is 3.13. The summed E-state index contributed by atoms with van der Waals surface area (Å²) in [6.07, 6.45) is 17.0. The topological polar surface area (TPSA) is 108 Å². The molecule has 0 amide bonds. The average Bonchev–Trinajstić information content (AvgIpc) is 3.46. The van der Waals surface area contributed by atoms with Gasteiger partial charge in [0.05, 0.1) is 0 Å². The van der Waals surface area contributed by atoms with E-state index in [0.29, 0.717) is 17.5 Å². The first-order chi connectivity index (χ1) is 36.3. The van der Waals surface area contributed by atoms with Crippen molar-refractivity contribution in [1.29, 1.82) is 0 Å². The van der Waals surface area contributed by atoms with Crippen LogP contribution in [0, 0.1) is 17.3 Å². The third kappa shape index (κ3) is 557. The fraction of sp³-hybridized carbons (Fsp3) is 1.00. The molecule has 0 bridgehead atoms. The minimum Gasteiger partial charge on any atom is -0.320 e. The van der Waals surface area contributed by atoms with Crippen molar-refractivity contribution in [2.75, 3.05) is 109 Å². The molecular formula is C76H215N9. The molecule has 0 aromatic carbocycles. The van der Waals surface area contributed by atoms with Crippen molar-refractivity contribution in [3.05, 3.63) is 0 Å². The van der Waals surface area contributed by atoms with Crippen LogP contribution >= 0.6 is 0 Å². The van der Waals surface area contributed by atoms with Crippen LogP contribution in [0.2, 0.25) is 0 Å². The lowest BCUT2D eigenvalue weighted by Crippen LogP contribution is -2.19. The Morgan fingerprint density at radius 1 is 0.282 bits per heavy atom. The van der Waals surface area contributed by atoms with Crippen molar-refractivity contribution in [2.24, 2.45) is 17.3 Å². The van der Waals surface area contributed by atoms with Crippen molar-refractivity contribution in [3.63, 3.8) is 0 Å². The highest BCUT2D eigenvalue weighted by molar-refractivity contribution is 4.61. The Morgan fingerprint density at radius 3 is 0.647 bits per heavy atom. The molecule has 0 saturated carbocycles. The van der Waals surface area contributed by atoms with Crippen LogP contribution in [0.1, 0.15) is 379 Å². The van der Waals surface area contributed by atoms with Crippen LogP contribution in [0.15, 0.2) is 0 Å². The van der Waals surface area contributed by atoms with Gasteiger partial charge in [0.15, 0.2) is 0 Å². The molecule has 0 saturated heterocycles. The molecule has 0 rings (SSSR count). The highest BCUT2D eigenvalue weighted by Gasteiger charge is 2.07. The summed E-state index contributed by atoms with van der Waals surface area (Å²) in [7, 11) is 17.8. The van der Waals surface area contributed by atoms with Gasteiger partial charge >= 0.3 is 0 Å². The van der Waals surface area contributed by atoms with Crippen molar-refractivity contribution >= 4 is 0 Å². The van der Waals surface area contributed by atoms with E-state index in [0.717, 1.165) is 44.6 Å². The minimum atomic E-state index is 0. The van der Waals surface area contributed by atoms with Gasteiger partial charge in [0, 0.05) is 12.1 Å². The molecule has 85 heavy (non-hydrogen) atoms. The molecule has 1 unspecified atom stereocenters. The normalized spacial score (nSPS) is 7.73. The Morgan fingerprint density at radius 2 is 0.541 bits per heavy atom. The minimum absolute atomic E-state index is 0. The third-order valence-electron chi connectivity index (χ3n) is 7.98. The summed E-state index contributed by atoms with van der Waals surface area (Å²) in [6, 6.07) is 1.32. The fourth-order valence-corrected chi connectivity index (χ4v) is 3.43. The SMILES string of the molecule is C.C.C.C.C.C.C.C.C.CC.CC.CC.CC.CC.CC.CC.CC.CC.CCC(C)NC.CCCCCCNC.CCCCCNC.CCCCNC.CCCNC.CNC(C)C.CNCC(C)C.CNCCC(C)(C)C.CNCCC(C)C. The van der Waals surface area contributed by atoms with Crippen LogP contribution in [0.5, 0.6) is 0 Å². The van der Waals surface area contributed by atoms with Gasteiger partial charge in [0.2, 0.25) is 0 Å². The zero-order valence-corrected chi connectivity index (χ0v) is 63.5. The van der Waals surface area contributed by atoms with Crippen molar-refractivity contribution in [2.45, 2.75) is 391 Å². The largest absolute Gasteiger partial charge is 0.320 e. The molecule has 0 radical (unpaired) electrons. The second kappa shape index (κ2) is 263. The molecule has 9 nitrogen and oxygen atoms in total. The summed E-state index contributed by atoms with van der Waals surface area (Å²) in [5, 5.41) is 27.7. The molecule has 0 heterocycles. The highest BCUT2D eigenvalue weighted by atomic mass is 14.8. The number of unbranched alkanes of at least 4 members (excludes halogenated alkanes) is 6. The van der Waals surface area contributed by atoms with Gasteiger partial charge in [-0.3, -0.25) is 0 Å². The summed E-state index contributed by atoms with van der Waals surface area (Å²) < 4.78 is 0. The fourth-order valence-electron chi connectivity index (χ4n) is 3.43. The molecule has 0 aromatic heterocycles.